The second-order valence-electron chi connectivity index (χ2n) is 14.8. The van der Waals surface area contributed by atoms with Crippen LogP contribution in [0.25, 0.3) is 122 Å². The molecule has 270 valence electrons. The van der Waals surface area contributed by atoms with Gasteiger partial charge in [0, 0.05) is 38.2 Å². The molecule has 0 spiro atoms. The summed E-state index contributed by atoms with van der Waals surface area (Å²) >= 11 is 0. The lowest BCUT2D eigenvalue weighted by Crippen LogP contribution is -2.00. The molecule has 0 fully saturated rings. The summed E-state index contributed by atoms with van der Waals surface area (Å²) in [6, 6.07) is 65.3. The van der Waals surface area contributed by atoms with Crippen molar-refractivity contribution in [3.05, 3.63) is 188 Å². The predicted octanol–water partition coefficient (Wildman–Crippen LogP) is 14.3. The van der Waals surface area contributed by atoms with Crippen molar-refractivity contribution < 1.29 is 8.83 Å². The number of furan rings is 2. The van der Waals surface area contributed by atoms with Gasteiger partial charge in [-0.2, -0.15) is 0 Å². The maximum atomic E-state index is 6.27. The van der Waals surface area contributed by atoms with Crippen LogP contribution < -0.4 is 0 Å². The minimum Gasteiger partial charge on any atom is -0.456 e. The number of fused-ring (bicyclic) bond motifs is 9. The summed E-state index contributed by atoms with van der Waals surface area (Å²) < 4.78 is 12.5. The van der Waals surface area contributed by atoms with Crippen LogP contribution in [-0.2, 0) is 0 Å². The van der Waals surface area contributed by atoms with Gasteiger partial charge >= 0.3 is 0 Å². The molecule has 0 aliphatic heterocycles. The first-order valence-corrected chi connectivity index (χ1v) is 19.4. The molecule has 0 saturated carbocycles. The predicted molar refractivity (Wildman–Crippen MR) is 237 cm³/mol. The molecular weight excluding hydrogens is 711 g/mol. The first-order valence-electron chi connectivity index (χ1n) is 19.4. The number of nitrogens with zero attached hydrogens (tertiary/aromatic N) is 3. The molecule has 3 aromatic heterocycles. The molecule has 12 aromatic rings. The summed E-state index contributed by atoms with van der Waals surface area (Å²) in [7, 11) is 0. The van der Waals surface area contributed by atoms with Crippen LogP contribution in [0.2, 0.25) is 0 Å². The van der Waals surface area contributed by atoms with Crippen LogP contribution in [0.15, 0.2) is 197 Å². The Morgan fingerprint density at radius 1 is 0.276 bits per heavy atom. The number of hydrogen-bond donors (Lipinski definition) is 0. The van der Waals surface area contributed by atoms with Crippen LogP contribution in [0.4, 0.5) is 0 Å². The van der Waals surface area contributed by atoms with Gasteiger partial charge in [0.15, 0.2) is 17.5 Å². The summed E-state index contributed by atoms with van der Waals surface area (Å²) in [4.78, 5) is 15.4. The van der Waals surface area contributed by atoms with Crippen molar-refractivity contribution in [3.63, 3.8) is 0 Å². The third-order valence-corrected chi connectivity index (χ3v) is 11.3. The largest absolute Gasteiger partial charge is 0.456 e. The second kappa shape index (κ2) is 12.8. The molecule has 0 atom stereocenters. The maximum absolute atomic E-state index is 6.27. The molecule has 0 radical (unpaired) electrons. The van der Waals surface area contributed by atoms with E-state index in [0.29, 0.717) is 17.5 Å². The Morgan fingerprint density at radius 2 is 0.759 bits per heavy atom. The normalized spacial score (nSPS) is 11.8. The van der Waals surface area contributed by atoms with Crippen LogP contribution in [0.3, 0.4) is 0 Å². The van der Waals surface area contributed by atoms with E-state index < -0.39 is 0 Å². The van der Waals surface area contributed by atoms with Crippen LogP contribution in [0.5, 0.6) is 0 Å². The molecule has 9 aromatic carbocycles. The standard InChI is InChI=1S/C53H31N3O2/c1-2-9-38-30-39(26-20-32(38)8-1)33-16-22-36(23-17-33)51-54-52(56-53(55-51)43-12-7-15-47-49(43)41-10-3-5-13-45(41)57-47)37-24-18-34(19-25-37)40-27-21-35-28-29-48-50(44(35)31-40)42-11-4-6-14-46(42)58-48/h1-31H. The highest BCUT2D eigenvalue weighted by atomic mass is 16.3. The van der Waals surface area contributed by atoms with Crippen LogP contribution in [0, 0.1) is 0 Å². The van der Waals surface area contributed by atoms with E-state index >= 15 is 0 Å². The molecule has 5 heteroatoms. The van der Waals surface area contributed by atoms with Gasteiger partial charge in [-0.05, 0) is 80.2 Å². The summed E-state index contributed by atoms with van der Waals surface area (Å²) in [6.07, 6.45) is 0. The zero-order chi connectivity index (χ0) is 38.2. The van der Waals surface area contributed by atoms with Gasteiger partial charge in [0.2, 0.25) is 0 Å². The van der Waals surface area contributed by atoms with Gasteiger partial charge < -0.3 is 8.83 Å². The summed E-state index contributed by atoms with van der Waals surface area (Å²) in [5.41, 5.74) is 10.6. The number of benzene rings is 9. The van der Waals surface area contributed by atoms with Crippen molar-refractivity contribution in [1.82, 2.24) is 15.0 Å². The summed E-state index contributed by atoms with van der Waals surface area (Å²) in [5.74, 6) is 1.79. The molecule has 3 heterocycles. The Labute approximate surface area is 332 Å². The third-order valence-electron chi connectivity index (χ3n) is 11.3. The monoisotopic (exact) mass is 741 g/mol. The van der Waals surface area contributed by atoms with Gasteiger partial charge in [0.1, 0.15) is 22.3 Å². The van der Waals surface area contributed by atoms with E-state index in [1.807, 2.05) is 42.5 Å². The number of para-hydroxylation sites is 2. The Balaban J connectivity index is 0.973. The molecule has 0 amide bonds. The van der Waals surface area contributed by atoms with Gasteiger partial charge in [-0.1, -0.05) is 152 Å². The van der Waals surface area contributed by atoms with E-state index in [2.05, 4.69) is 146 Å². The lowest BCUT2D eigenvalue weighted by molar-refractivity contribution is 0.668. The van der Waals surface area contributed by atoms with Crippen molar-refractivity contribution >= 4 is 65.4 Å². The molecule has 0 aliphatic rings. The first kappa shape index (κ1) is 32.4. The molecule has 0 unspecified atom stereocenters. The fraction of sp³-hybridized carbons (Fsp3) is 0. The van der Waals surface area contributed by atoms with Crippen molar-refractivity contribution in [1.29, 1.82) is 0 Å². The number of rotatable bonds is 5. The minimum absolute atomic E-state index is 0.589. The SMILES string of the molecule is c1ccc2cc(-c3ccc(-c4nc(-c5ccc(-c6ccc7ccc8oc9ccccc9c8c7c6)cc5)nc(-c5cccc6oc7ccccc7c56)n4)cc3)ccc2c1. The van der Waals surface area contributed by atoms with Crippen molar-refractivity contribution in [2.45, 2.75) is 0 Å². The van der Waals surface area contributed by atoms with E-state index in [1.165, 1.54) is 21.5 Å². The zero-order valence-electron chi connectivity index (χ0n) is 31.1. The van der Waals surface area contributed by atoms with Gasteiger partial charge in [-0.15, -0.1) is 0 Å². The highest BCUT2D eigenvalue weighted by Crippen LogP contribution is 2.39. The maximum Gasteiger partial charge on any atom is 0.164 e. The van der Waals surface area contributed by atoms with E-state index in [4.69, 9.17) is 23.8 Å². The lowest BCUT2D eigenvalue weighted by Gasteiger charge is -2.11. The Hall–Kier alpha value is -7.89. The summed E-state index contributed by atoms with van der Waals surface area (Å²) in [5, 5.41) is 9.06. The molecular formula is C53H31N3O2. The average Bonchev–Trinajstić information content (AvgIpc) is 3.88. The quantitative estimate of drug-likeness (QED) is 0.176. The highest BCUT2D eigenvalue weighted by Gasteiger charge is 2.18. The number of aromatic nitrogens is 3. The molecule has 0 saturated heterocycles. The topological polar surface area (TPSA) is 65.0 Å². The fourth-order valence-corrected chi connectivity index (χ4v) is 8.43. The Morgan fingerprint density at radius 3 is 1.45 bits per heavy atom. The van der Waals surface area contributed by atoms with Gasteiger partial charge in [0.25, 0.3) is 0 Å². The van der Waals surface area contributed by atoms with Crippen LogP contribution in [0.1, 0.15) is 0 Å². The molecule has 0 aliphatic carbocycles. The second-order valence-corrected chi connectivity index (χ2v) is 14.8. The first-order chi connectivity index (χ1) is 28.7. The molecule has 0 bridgehead atoms. The van der Waals surface area contributed by atoms with Crippen molar-refractivity contribution in [2.24, 2.45) is 0 Å². The molecule has 58 heavy (non-hydrogen) atoms. The lowest BCUT2D eigenvalue weighted by atomic mass is 9.97. The molecule has 5 nitrogen and oxygen atoms in total. The Bertz CT molecular complexity index is 3560. The number of hydrogen-bond acceptors (Lipinski definition) is 5. The van der Waals surface area contributed by atoms with Crippen molar-refractivity contribution in [3.8, 4) is 56.4 Å². The Kier molecular flexibility index (Phi) is 7.16. The fourth-order valence-electron chi connectivity index (χ4n) is 8.43. The van der Waals surface area contributed by atoms with Gasteiger partial charge in [-0.25, -0.2) is 15.0 Å². The van der Waals surface area contributed by atoms with E-state index in [0.717, 1.165) is 82.8 Å². The van der Waals surface area contributed by atoms with Crippen molar-refractivity contribution in [2.75, 3.05) is 0 Å². The highest BCUT2D eigenvalue weighted by molar-refractivity contribution is 6.19. The van der Waals surface area contributed by atoms with Gasteiger partial charge in [0.05, 0.1) is 0 Å². The molecule has 0 N–H and O–H groups in total. The van der Waals surface area contributed by atoms with E-state index in [9.17, 15) is 0 Å². The minimum atomic E-state index is 0.589. The smallest absolute Gasteiger partial charge is 0.164 e. The van der Waals surface area contributed by atoms with Crippen LogP contribution >= 0.6 is 0 Å². The summed E-state index contributed by atoms with van der Waals surface area (Å²) in [6.45, 7) is 0. The average molecular weight is 742 g/mol. The molecule has 12 rings (SSSR count). The van der Waals surface area contributed by atoms with E-state index in [1.54, 1.807) is 0 Å². The van der Waals surface area contributed by atoms with Crippen LogP contribution in [-0.4, -0.2) is 15.0 Å². The zero-order valence-corrected chi connectivity index (χ0v) is 31.1. The van der Waals surface area contributed by atoms with E-state index in [-0.39, 0.29) is 0 Å². The van der Waals surface area contributed by atoms with Gasteiger partial charge in [-0.3, -0.25) is 0 Å². The third kappa shape index (κ3) is 5.29.